The molecule has 6 rings (SSSR count). The van der Waals surface area contributed by atoms with Crippen LogP contribution in [0.5, 0.6) is 0 Å². The Labute approximate surface area is 420 Å². The van der Waals surface area contributed by atoms with Crippen LogP contribution in [-0.2, 0) is 42.2 Å². The molecule has 2 aromatic rings. The summed E-state index contributed by atoms with van der Waals surface area (Å²) in [5, 5.41) is 30.0. The maximum Gasteiger partial charge on any atom is 0.337 e. The summed E-state index contributed by atoms with van der Waals surface area (Å²) in [6.07, 6.45) is -5.95. The fourth-order valence-corrected chi connectivity index (χ4v) is 15.8. The normalized spacial score (nSPS) is 30.8. The van der Waals surface area contributed by atoms with E-state index in [0.717, 1.165) is 18.1 Å². The summed E-state index contributed by atoms with van der Waals surface area (Å²) in [4.78, 5) is 59.1. The number of esters is 2. The third-order valence-electron chi connectivity index (χ3n) is 16.9. The summed E-state index contributed by atoms with van der Waals surface area (Å²) in [5.41, 5.74) is -5.20. The van der Waals surface area contributed by atoms with Gasteiger partial charge in [-0.2, -0.15) is 0 Å². The molecule has 1 heterocycles. The monoisotopic (exact) mass is 1030 g/mol. The summed E-state index contributed by atoms with van der Waals surface area (Å²) in [6.45, 7) is 24.4. The number of amides is 1. The molecular weight excluding hydrogens is 951 g/mol. The van der Waals surface area contributed by atoms with Gasteiger partial charge in [0.25, 0.3) is 5.91 Å². The van der Waals surface area contributed by atoms with Crippen molar-refractivity contribution in [3.05, 3.63) is 82.9 Å². The van der Waals surface area contributed by atoms with Crippen LogP contribution < -0.4 is 5.32 Å². The van der Waals surface area contributed by atoms with Crippen molar-refractivity contribution in [1.82, 2.24) is 5.32 Å². The van der Waals surface area contributed by atoms with Crippen LogP contribution in [0.15, 0.2) is 71.8 Å². The van der Waals surface area contributed by atoms with E-state index in [4.69, 9.17) is 40.0 Å². The van der Waals surface area contributed by atoms with E-state index in [1.165, 1.54) is 18.7 Å². The van der Waals surface area contributed by atoms with Crippen LogP contribution in [0.2, 0.25) is 36.3 Å². The predicted molar refractivity (Wildman–Crippen MR) is 276 cm³/mol. The maximum atomic E-state index is 16.2. The highest BCUT2D eigenvalue weighted by Gasteiger charge is 2.78. The van der Waals surface area contributed by atoms with Crippen molar-refractivity contribution in [1.29, 1.82) is 0 Å². The van der Waals surface area contributed by atoms with E-state index in [9.17, 15) is 19.8 Å². The number of hydrogen-bond donors (Lipinski definition) is 3. The molecule has 13 nitrogen and oxygen atoms in total. The van der Waals surface area contributed by atoms with Crippen molar-refractivity contribution >= 4 is 68.6 Å². The van der Waals surface area contributed by atoms with Gasteiger partial charge in [-0.3, -0.25) is 14.4 Å². The van der Waals surface area contributed by atoms with Crippen LogP contribution in [0.25, 0.3) is 0 Å². The molecule has 3 fully saturated rings. The van der Waals surface area contributed by atoms with Crippen molar-refractivity contribution in [3.8, 4) is 0 Å². The number of carbonyl (C=O) groups is 4. The van der Waals surface area contributed by atoms with Crippen LogP contribution in [-0.4, -0.2) is 116 Å². The lowest BCUT2D eigenvalue weighted by Crippen LogP contribution is -2.82. The van der Waals surface area contributed by atoms with Crippen molar-refractivity contribution in [2.24, 2.45) is 16.7 Å². The number of thioether (sulfide) groups is 1. The largest absolute Gasteiger partial charge is 0.466 e. The second-order valence-corrected chi connectivity index (χ2v) is 32.6. The van der Waals surface area contributed by atoms with Gasteiger partial charge in [0, 0.05) is 36.7 Å². The van der Waals surface area contributed by atoms with Crippen molar-refractivity contribution in [3.63, 3.8) is 0 Å². The number of ketones is 1. The quantitative estimate of drug-likeness (QED) is 0.0667. The van der Waals surface area contributed by atoms with Gasteiger partial charge in [-0.25, -0.2) is 4.79 Å². The second kappa shape index (κ2) is 20.3. The smallest absolute Gasteiger partial charge is 0.337 e. The maximum absolute atomic E-state index is 16.2. The molecule has 0 radical (unpaired) electrons. The third kappa shape index (κ3) is 9.74. The molecule has 1 saturated heterocycles. The van der Waals surface area contributed by atoms with Crippen LogP contribution in [0.1, 0.15) is 111 Å². The van der Waals surface area contributed by atoms with Crippen LogP contribution in [0, 0.1) is 16.7 Å². The van der Waals surface area contributed by atoms with E-state index in [2.05, 4.69) is 26.1 Å². The lowest BCUT2D eigenvalue weighted by Gasteiger charge is -2.68. The Hall–Kier alpha value is -3.27. The molecule has 11 atom stereocenters. The van der Waals surface area contributed by atoms with Gasteiger partial charge in [-0.1, -0.05) is 116 Å². The molecule has 0 spiro atoms. The van der Waals surface area contributed by atoms with E-state index in [0.29, 0.717) is 16.7 Å². The highest BCUT2D eigenvalue weighted by atomic mass is 32.2. The molecule has 3 aliphatic carbocycles. The molecule has 17 heteroatoms. The minimum atomic E-state index is -2.86. The fraction of sp³-hybridized carbons (Fsp3) is 0.635. The first-order valence-corrected chi connectivity index (χ1v) is 31.4. The summed E-state index contributed by atoms with van der Waals surface area (Å²) in [7, 11) is -5.37. The Balaban J connectivity index is 1.56. The molecule has 0 aromatic heterocycles. The zero-order valence-electron chi connectivity index (χ0n) is 42.9. The van der Waals surface area contributed by atoms with Crippen LogP contribution in [0.4, 0.5) is 0 Å². The summed E-state index contributed by atoms with van der Waals surface area (Å²) < 4.78 is 40.3. The molecule has 4 aliphatic rings. The number of aliphatic hydroxyl groups is 2. The van der Waals surface area contributed by atoms with E-state index in [1.807, 2.05) is 52.1 Å². The van der Waals surface area contributed by atoms with Crippen LogP contribution >= 0.6 is 24.0 Å². The number of Topliss-reactive ketones (excluding diaryl/α,β-unsaturated/α-hetero) is 1. The molecule has 2 bridgehead atoms. The molecule has 1 amide bonds. The first kappa shape index (κ1) is 55.1. The summed E-state index contributed by atoms with van der Waals surface area (Å²) in [5.74, 6) is -3.80. The summed E-state index contributed by atoms with van der Waals surface area (Å²) in [6, 6.07) is 19.0. The van der Waals surface area contributed by atoms with Gasteiger partial charge < -0.3 is 43.3 Å². The van der Waals surface area contributed by atoms with E-state index < -0.39 is 116 Å². The molecule has 2 unspecified atom stereocenters. The number of nitrogens with one attached hydrogen (secondary N) is 1. The molecule has 1 aliphatic heterocycles. The SMILES string of the molecule is CC[Si](CC)(CC)O[C@H]1C[C@H]2OC[C@@]2(OC(=S)SC)C2C(O)[C@]3(O)C[C@H](OC(=O)[C@H](O[Si](C)(C)C(C)(C)C)[C@@H](NC(=O)c4ccccc4)c4ccccc4)C(C)=C([C@@H](OC(C)=O)C(=O)[C@@]21C)C3(C)C. The fourth-order valence-electron chi connectivity index (χ4n) is 11.3. The molecule has 3 N–H and O–H groups in total. The Morgan fingerprint density at radius 2 is 1.55 bits per heavy atom. The minimum absolute atomic E-state index is 0.0511. The number of carbonyl (C=O) groups excluding carboxylic acids is 4. The highest BCUT2D eigenvalue weighted by Crippen LogP contribution is 2.64. The van der Waals surface area contributed by atoms with Gasteiger partial charge in [-0.15, -0.1) is 0 Å². The lowest BCUT2D eigenvalue weighted by molar-refractivity contribution is -0.336. The van der Waals surface area contributed by atoms with E-state index in [-0.39, 0.29) is 29.4 Å². The van der Waals surface area contributed by atoms with Gasteiger partial charge in [0.15, 0.2) is 40.2 Å². The molecular formula is C52H75NO12S2Si2. The molecule has 2 saturated carbocycles. The minimum Gasteiger partial charge on any atom is -0.466 e. The van der Waals surface area contributed by atoms with Gasteiger partial charge in [0.2, 0.25) is 4.38 Å². The van der Waals surface area contributed by atoms with Crippen molar-refractivity contribution < 1.29 is 57.2 Å². The van der Waals surface area contributed by atoms with Crippen molar-refractivity contribution in [2.45, 2.75) is 179 Å². The molecule has 2 aromatic carbocycles. The third-order valence-corrected chi connectivity index (χ3v) is 27.0. The average molecular weight is 1030 g/mol. The molecule has 380 valence electrons. The number of aliphatic hydroxyl groups excluding tert-OH is 1. The Morgan fingerprint density at radius 3 is 2.06 bits per heavy atom. The van der Waals surface area contributed by atoms with E-state index in [1.54, 1.807) is 76.4 Å². The molecule has 69 heavy (non-hydrogen) atoms. The van der Waals surface area contributed by atoms with Gasteiger partial charge >= 0.3 is 11.9 Å². The number of benzene rings is 2. The summed E-state index contributed by atoms with van der Waals surface area (Å²) >= 11 is 6.91. The Kier molecular flexibility index (Phi) is 16.2. The van der Waals surface area contributed by atoms with Crippen molar-refractivity contribution in [2.75, 3.05) is 12.9 Å². The van der Waals surface area contributed by atoms with Gasteiger partial charge in [-0.05, 0) is 97.4 Å². The van der Waals surface area contributed by atoms with Crippen LogP contribution in [0.3, 0.4) is 0 Å². The average Bonchev–Trinajstić information content (AvgIpc) is 3.29. The van der Waals surface area contributed by atoms with Gasteiger partial charge in [0.05, 0.1) is 30.3 Å². The lowest BCUT2D eigenvalue weighted by atomic mass is 9.44. The Bertz CT molecular complexity index is 2280. The zero-order valence-corrected chi connectivity index (χ0v) is 46.6. The van der Waals surface area contributed by atoms with E-state index >= 15 is 9.59 Å². The standard InChI is InChI=1S/C52H75NO12S2Si2/c1-15-69(16-2,17-3)64-36-28-37-51(30-60-37,63-47(66)67-12)42-44(56)52(59)29-35(31(4)38(49(52,9)10)40(61-32(5)54)43(55)50(36,42)11)62-46(58)41(65-68(13,14)48(6,7)8)39(33-24-20-18-21-25-33)53-45(57)34-26-22-19-23-27-34/h18-27,35-37,39-42,44,56,59H,15-17,28-30H2,1-14H3,(H,53,57)/t35-,36-,37+,39-,40+,41+,42?,44?,50+,51-,52+/m0/s1. The first-order chi connectivity index (χ1) is 32.1. The number of ether oxygens (including phenoxy) is 4. The number of fused-ring (bicyclic) bond motifs is 5. The number of thiocarbonyl (C=S) groups is 1. The Morgan fingerprint density at radius 1 is 0.971 bits per heavy atom. The number of rotatable bonds is 15. The highest BCUT2D eigenvalue weighted by molar-refractivity contribution is 8.22. The number of hydrogen-bond acceptors (Lipinski definition) is 14. The van der Waals surface area contributed by atoms with Gasteiger partial charge in [0.1, 0.15) is 17.8 Å². The first-order valence-electron chi connectivity index (χ1n) is 24.3. The zero-order chi connectivity index (χ0) is 51.3. The second-order valence-electron chi connectivity index (χ2n) is 21.8. The topological polar surface area (TPSA) is 176 Å². The predicted octanol–water partition coefficient (Wildman–Crippen LogP) is 9.03.